The van der Waals surface area contributed by atoms with Crippen LogP contribution in [0.2, 0.25) is 0 Å². The number of benzene rings is 1. The van der Waals surface area contributed by atoms with Gasteiger partial charge in [0.2, 0.25) is 5.69 Å². The van der Waals surface area contributed by atoms with E-state index >= 15 is 0 Å². The molecule has 0 spiro atoms. The molecule has 0 atom stereocenters. The summed E-state index contributed by atoms with van der Waals surface area (Å²) in [4.78, 5) is 24.8. The number of nitro groups is 1. The lowest BCUT2D eigenvalue weighted by Gasteiger charge is -2.26. The fourth-order valence-electron chi connectivity index (χ4n) is 2.60. The van der Waals surface area contributed by atoms with E-state index in [1.807, 2.05) is 4.90 Å². The Kier molecular flexibility index (Phi) is 3.92. The number of nitrogens with zero attached hydrogens (tertiary/aromatic N) is 5. The van der Waals surface area contributed by atoms with Crippen LogP contribution >= 0.6 is 0 Å². The second kappa shape index (κ2) is 6.03. The predicted octanol–water partition coefficient (Wildman–Crippen LogP) is 1.86. The highest BCUT2D eigenvalue weighted by atomic mass is 16.6. The Bertz CT molecular complexity index is 751. The first-order valence-corrected chi connectivity index (χ1v) is 7.26. The molecule has 3 rings (SSSR count). The van der Waals surface area contributed by atoms with Gasteiger partial charge in [0.15, 0.2) is 5.82 Å². The zero-order valence-corrected chi connectivity index (χ0v) is 12.3. The highest BCUT2D eigenvalue weighted by molar-refractivity contribution is 5.91. The average Bonchev–Trinajstić information content (AvgIpc) is 3.01. The number of anilines is 1. The quantitative estimate of drug-likeness (QED) is 0.676. The normalized spacial score (nSPS) is 14.7. The largest absolute Gasteiger partial charge is 0.476 e. The van der Waals surface area contributed by atoms with Crippen LogP contribution in [-0.2, 0) is 0 Å². The van der Waals surface area contributed by atoms with Crippen molar-refractivity contribution in [3.8, 4) is 5.69 Å². The van der Waals surface area contributed by atoms with E-state index in [2.05, 4.69) is 10.2 Å². The summed E-state index contributed by atoms with van der Waals surface area (Å²) in [5.74, 6) is -0.856. The number of aromatic nitrogens is 3. The van der Waals surface area contributed by atoms with Gasteiger partial charge in [-0.1, -0.05) is 6.07 Å². The monoisotopic (exact) mass is 317 g/mol. The molecule has 2 aromatic rings. The van der Waals surface area contributed by atoms with E-state index in [9.17, 15) is 20.0 Å². The Balaban J connectivity index is 2.02. The molecule has 1 aromatic heterocycles. The number of rotatable bonds is 4. The van der Waals surface area contributed by atoms with Gasteiger partial charge < -0.3 is 10.0 Å². The van der Waals surface area contributed by atoms with Gasteiger partial charge in [-0.2, -0.15) is 0 Å². The maximum atomic E-state index is 11.4. The second-order valence-corrected chi connectivity index (χ2v) is 5.29. The molecule has 1 fully saturated rings. The van der Waals surface area contributed by atoms with Crippen LogP contribution in [0.4, 0.5) is 11.5 Å². The second-order valence-electron chi connectivity index (χ2n) is 5.29. The highest BCUT2D eigenvalue weighted by Gasteiger charge is 2.25. The van der Waals surface area contributed by atoms with Gasteiger partial charge in [0.1, 0.15) is 0 Å². The van der Waals surface area contributed by atoms with Gasteiger partial charge in [-0.05, 0) is 25.3 Å². The Hall–Kier alpha value is -2.97. The van der Waals surface area contributed by atoms with Crippen LogP contribution < -0.4 is 4.90 Å². The molecule has 0 bridgehead atoms. The Morgan fingerprint density at radius 2 is 1.96 bits per heavy atom. The minimum atomic E-state index is -1.16. The molecule has 0 unspecified atom stereocenters. The van der Waals surface area contributed by atoms with Crippen molar-refractivity contribution >= 4 is 17.5 Å². The first-order chi connectivity index (χ1) is 11.1. The predicted molar refractivity (Wildman–Crippen MR) is 81.0 cm³/mol. The van der Waals surface area contributed by atoms with Gasteiger partial charge in [0.05, 0.1) is 10.6 Å². The number of aromatic carboxylic acids is 1. The van der Waals surface area contributed by atoms with Crippen molar-refractivity contribution in [1.82, 2.24) is 15.0 Å². The summed E-state index contributed by atoms with van der Waals surface area (Å²) < 4.78 is 0. The van der Waals surface area contributed by atoms with E-state index in [-0.39, 0.29) is 11.4 Å². The van der Waals surface area contributed by atoms with Crippen molar-refractivity contribution in [2.45, 2.75) is 19.3 Å². The number of piperidine rings is 1. The van der Waals surface area contributed by atoms with Crippen molar-refractivity contribution in [2.24, 2.45) is 0 Å². The van der Waals surface area contributed by atoms with Crippen LogP contribution in [0.1, 0.15) is 29.8 Å². The maximum absolute atomic E-state index is 11.4. The van der Waals surface area contributed by atoms with Crippen LogP contribution in [0.3, 0.4) is 0 Å². The smallest absolute Gasteiger partial charge is 0.360 e. The van der Waals surface area contributed by atoms with Gasteiger partial charge >= 0.3 is 5.97 Å². The fourth-order valence-corrected chi connectivity index (χ4v) is 2.60. The van der Waals surface area contributed by atoms with E-state index < -0.39 is 10.9 Å². The first kappa shape index (κ1) is 14.9. The number of nitro benzene ring substituents is 1. The molecule has 1 aromatic carbocycles. The zero-order chi connectivity index (χ0) is 16.4. The minimum Gasteiger partial charge on any atom is -0.476 e. The third-order valence-corrected chi connectivity index (χ3v) is 3.73. The molecule has 0 saturated carbocycles. The first-order valence-electron chi connectivity index (χ1n) is 7.26. The van der Waals surface area contributed by atoms with Crippen LogP contribution in [0, 0.1) is 10.1 Å². The van der Waals surface area contributed by atoms with Gasteiger partial charge in [0, 0.05) is 25.2 Å². The molecular weight excluding hydrogens is 302 g/mol. The lowest BCUT2D eigenvalue weighted by molar-refractivity contribution is -0.384. The number of hydrogen-bond donors (Lipinski definition) is 1. The third kappa shape index (κ3) is 2.98. The summed E-state index contributed by atoms with van der Waals surface area (Å²) in [5.41, 5.74) is 0.111. The number of non-ortho nitro benzene ring substituents is 1. The van der Waals surface area contributed by atoms with Gasteiger partial charge in [0.25, 0.3) is 5.69 Å². The summed E-state index contributed by atoms with van der Waals surface area (Å²) in [6.45, 7) is 1.46. The number of carbonyl (C=O) groups is 1. The molecule has 1 saturated heterocycles. The molecule has 2 heterocycles. The number of carboxylic acids is 1. The summed E-state index contributed by atoms with van der Waals surface area (Å²) in [7, 11) is 0. The molecule has 1 aliphatic heterocycles. The van der Waals surface area contributed by atoms with Gasteiger partial charge in [-0.3, -0.25) is 10.1 Å². The Labute approximate surface area is 131 Å². The Morgan fingerprint density at radius 3 is 2.61 bits per heavy atom. The standard InChI is InChI=1S/C14H15N5O4/c20-14(21)12-13(17-7-2-1-3-8-17)16-18(15-12)10-5-4-6-11(9-10)19(22)23/h4-6,9H,1-3,7-8H2,(H,20,21). The fraction of sp³-hybridized carbons (Fsp3) is 0.357. The molecule has 0 aliphatic carbocycles. The highest BCUT2D eigenvalue weighted by Crippen LogP contribution is 2.23. The van der Waals surface area contributed by atoms with Crippen molar-refractivity contribution in [3.63, 3.8) is 0 Å². The van der Waals surface area contributed by atoms with Crippen LogP contribution in [0.25, 0.3) is 5.69 Å². The SMILES string of the molecule is O=C(O)c1nn(-c2cccc([N+](=O)[O-])c2)nc1N1CCCCC1. The molecule has 0 radical (unpaired) electrons. The van der Waals surface area contributed by atoms with E-state index in [1.165, 1.54) is 18.2 Å². The van der Waals surface area contributed by atoms with Crippen molar-refractivity contribution in [2.75, 3.05) is 18.0 Å². The van der Waals surface area contributed by atoms with Crippen LogP contribution in [-0.4, -0.2) is 44.1 Å². The van der Waals surface area contributed by atoms with E-state index in [4.69, 9.17) is 0 Å². The number of carboxylic acid groups (broad SMARTS) is 1. The molecule has 1 N–H and O–H groups in total. The zero-order valence-electron chi connectivity index (χ0n) is 12.3. The van der Waals surface area contributed by atoms with Gasteiger partial charge in [-0.25, -0.2) is 4.79 Å². The summed E-state index contributed by atoms with van der Waals surface area (Å²) in [5, 5.41) is 28.5. The summed E-state index contributed by atoms with van der Waals surface area (Å²) in [6, 6.07) is 5.78. The van der Waals surface area contributed by atoms with E-state index in [0.29, 0.717) is 11.5 Å². The summed E-state index contributed by atoms with van der Waals surface area (Å²) in [6.07, 6.45) is 3.06. The Morgan fingerprint density at radius 1 is 1.22 bits per heavy atom. The van der Waals surface area contributed by atoms with Crippen molar-refractivity contribution in [3.05, 3.63) is 40.1 Å². The molecule has 9 heteroatoms. The molecule has 23 heavy (non-hydrogen) atoms. The topological polar surface area (TPSA) is 114 Å². The molecular formula is C14H15N5O4. The maximum Gasteiger partial charge on any atom is 0.360 e. The lowest BCUT2D eigenvalue weighted by Crippen LogP contribution is -2.31. The van der Waals surface area contributed by atoms with Crippen LogP contribution in [0.15, 0.2) is 24.3 Å². The van der Waals surface area contributed by atoms with Crippen molar-refractivity contribution < 1.29 is 14.8 Å². The van der Waals surface area contributed by atoms with E-state index in [1.54, 1.807) is 6.07 Å². The van der Waals surface area contributed by atoms with Crippen LogP contribution in [0.5, 0.6) is 0 Å². The number of hydrogen-bond acceptors (Lipinski definition) is 6. The minimum absolute atomic E-state index is 0.101. The average molecular weight is 317 g/mol. The van der Waals surface area contributed by atoms with Crippen molar-refractivity contribution in [1.29, 1.82) is 0 Å². The molecule has 0 amide bonds. The van der Waals surface area contributed by atoms with Gasteiger partial charge in [-0.15, -0.1) is 15.0 Å². The lowest BCUT2D eigenvalue weighted by atomic mass is 10.1. The van der Waals surface area contributed by atoms with E-state index in [0.717, 1.165) is 37.1 Å². The molecule has 120 valence electrons. The summed E-state index contributed by atoms with van der Waals surface area (Å²) >= 11 is 0. The molecule has 1 aliphatic rings. The third-order valence-electron chi connectivity index (χ3n) is 3.73. The molecule has 9 nitrogen and oxygen atoms in total.